The van der Waals surface area contributed by atoms with E-state index in [1.54, 1.807) is 0 Å². The van der Waals surface area contributed by atoms with Crippen LogP contribution in [-0.4, -0.2) is 44.7 Å². The van der Waals surface area contributed by atoms with E-state index in [1.165, 1.54) is 0 Å². The van der Waals surface area contributed by atoms with Crippen molar-refractivity contribution in [3.05, 3.63) is 0 Å². The van der Waals surface area contributed by atoms with Gasteiger partial charge in [-0.25, -0.2) is 0 Å². The van der Waals surface area contributed by atoms with Gasteiger partial charge in [0.2, 0.25) is 0 Å². The van der Waals surface area contributed by atoms with Crippen LogP contribution < -0.4 is 0 Å². The minimum atomic E-state index is -2.17. The third-order valence-corrected chi connectivity index (χ3v) is 9.61. The SMILES string of the molecule is [2H]C1([2H])C[C@]2(C)[C@H]3C[C@H](O)[C@]4(C)[C@@H]([C@H](C)CCC(=O)O)CC[C@H]4[C@@H]3[C@H](O)C[C@H]2C([2H])([2H])[C@@H]1O. The lowest BCUT2D eigenvalue weighted by atomic mass is 9.43. The molecule has 0 aliphatic heterocycles. The Morgan fingerprint density at radius 1 is 1.17 bits per heavy atom. The maximum absolute atomic E-state index is 11.5. The molecule has 0 aromatic heterocycles. The van der Waals surface area contributed by atoms with Crippen LogP contribution in [0.15, 0.2) is 0 Å². The Kier molecular flexibility index (Phi) is 4.38. The van der Waals surface area contributed by atoms with Crippen molar-refractivity contribution < 1.29 is 30.7 Å². The summed E-state index contributed by atoms with van der Waals surface area (Å²) in [6.45, 7) is 6.04. The van der Waals surface area contributed by atoms with Gasteiger partial charge < -0.3 is 20.4 Å². The predicted octanol–water partition coefficient (Wildman–Crippen LogP) is 3.45. The standard InChI is InChI=1S/C24H40O5/c1-13(4-7-21(28)29)16-5-6-17-22-18(12-20(27)24(16,17)3)23(2)9-8-15(25)10-14(23)11-19(22)26/h13-20,22,25-27H,4-12H2,1-3H3,(H,28,29)/t13-,14-,15-,16-,17+,18+,19-,20+,22+,23+,24-/m1/s1/i8D2,10D2. The largest absolute Gasteiger partial charge is 0.481 e. The highest BCUT2D eigenvalue weighted by Crippen LogP contribution is 2.68. The van der Waals surface area contributed by atoms with Crippen molar-refractivity contribution in [2.45, 2.75) is 96.8 Å². The summed E-state index contributed by atoms with van der Waals surface area (Å²) in [7, 11) is 0. The molecule has 0 amide bonds. The van der Waals surface area contributed by atoms with E-state index in [2.05, 4.69) is 13.8 Å². The van der Waals surface area contributed by atoms with Gasteiger partial charge in [-0.15, -0.1) is 0 Å². The van der Waals surface area contributed by atoms with E-state index >= 15 is 0 Å². The monoisotopic (exact) mass is 412 g/mol. The lowest BCUT2D eigenvalue weighted by molar-refractivity contribution is -0.207. The molecule has 0 heterocycles. The highest BCUT2D eigenvalue weighted by atomic mass is 16.4. The first-order valence-electron chi connectivity index (χ1n) is 13.3. The molecule has 0 unspecified atom stereocenters. The molecular formula is C24H40O5. The number of hydrogen-bond acceptors (Lipinski definition) is 4. The fourth-order valence-corrected chi connectivity index (χ4v) is 7.99. The van der Waals surface area contributed by atoms with Crippen LogP contribution in [0.25, 0.3) is 0 Å². The Morgan fingerprint density at radius 2 is 1.90 bits per heavy atom. The van der Waals surface area contributed by atoms with Crippen LogP contribution in [0.3, 0.4) is 0 Å². The third kappa shape index (κ3) is 3.27. The minimum absolute atomic E-state index is 0.00777. The maximum Gasteiger partial charge on any atom is 0.303 e. The second kappa shape index (κ2) is 7.49. The number of aliphatic hydroxyl groups excluding tert-OH is 3. The fraction of sp³-hybridized carbons (Fsp3) is 0.958. The molecule has 4 N–H and O–H groups in total. The highest BCUT2D eigenvalue weighted by Gasteiger charge is 2.65. The molecule has 5 nitrogen and oxygen atoms in total. The van der Waals surface area contributed by atoms with Crippen molar-refractivity contribution in [2.75, 3.05) is 0 Å². The summed E-state index contributed by atoms with van der Waals surface area (Å²) in [5, 5.41) is 42.5. The van der Waals surface area contributed by atoms with E-state index in [0.717, 1.165) is 12.8 Å². The van der Waals surface area contributed by atoms with Crippen LogP contribution in [0.5, 0.6) is 0 Å². The Labute approximate surface area is 180 Å². The smallest absolute Gasteiger partial charge is 0.303 e. The van der Waals surface area contributed by atoms with Gasteiger partial charge >= 0.3 is 5.97 Å². The molecule has 4 aliphatic rings. The first-order valence-corrected chi connectivity index (χ1v) is 11.3. The molecule has 4 aliphatic carbocycles. The molecule has 166 valence electrons. The first kappa shape index (κ1) is 17.0. The molecule has 29 heavy (non-hydrogen) atoms. The summed E-state index contributed by atoms with van der Waals surface area (Å²) in [6.07, 6.45) is -4.60. The van der Waals surface area contributed by atoms with Crippen molar-refractivity contribution >= 4 is 5.97 Å². The zero-order chi connectivity index (χ0) is 24.7. The zero-order valence-corrected chi connectivity index (χ0v) is 17.8. The average Bonchev–Trinajstić information content (AvgIpc) is 3.06. The Morgan fingerprint density at radius 3 is 2.59 bits per heavy atom. The lowest BCUT2D eigenvalue weighted by Crippen LogP contribution is -2.62. The lowest BCUT2D eigenvalue weighted by Gasteiger charge is -2.63. The number of aliphatic hydroxyl groups is 3. The van der Waals surface area contributed by atoms with Crippen molar-refractivity contribution in [2.24, 2.45) is 46.3 Å². The third-order valence-electron chi connectivity index (χ3n) is 9.61. The summed E-state index contributed by atoms with van der Waals surface area (Å²) in [6, 6.07) is 0. The average molecular weight is 413 g/mol. The summed E-state index contributed by atoms with van der Waals surface area (Å²) in [5.74, 6) is -1.65. The predicted molar refractivity (Wildman–Crippen MR) is 110 cm³/mol. The maximum atomic E-state index is 11.5. The van der Waals surface area contributed by atoms with Gasteiger partial charge in [-0.3, -0.25) is 4.79 Å². The molecule has 0 bridgehead atoms. The van der Waals surface area contributed by atoms with Crippen LogP contribution in [0, 0.1) is 46.3 Å². The number of carboxylic acid groups (broad SMARTS) is 1. The minimum Gasteiger partial charge on any atom is -0.481 e. The molecule has 4 saturated carbocycles. The van der Waals surface area contributed by atoms with Crippen molar-refractivity contribution in [3.8, 4) is 0 Å². The van der Waals surface area contributed by atoms with Crippen molar-refractivity contribution in [3.63, 3.8) is 0 Å². The Bertz CT molecular complexity index is 793. The Balaban J connectivity index is 1.69. The molecule has 0 spiro atoms. The van der Waals surface area contributed by atoms with E-state index < -0.39 is 53.8 Å². The number of carbonyl (C=O) groups is 1. The molecule has 0 saturated heterocycles. The van der Waals surface area contributed by atoms with E-state index in [4.69, 9.17) is 10.6 Å². The molecule has 4 rings (SSSR count). The molecule has 0 aromatic rings. The number of rotatable bonds is 4. The van der Waals surface area contributed by atoms with Gasteiger partial charge in [-0.05, 0) is 97.6 Å². The van der Waals surface area contributed by atoms with E-state index in [0.29, 0.717) is 12.8 Å². The topological polar surface area (TPSA) is 98.0 Å². The van der Waals surface area contributed by atoms with Gasteiger partial charge in [-0.1, -0.05) is 20.8 Å². The van der Waals surface area contributed by atoms with E-state index in [1.807, 2.05) is 6.92 Å². The van der Waals surface area contributed by atoms with Gasteiger partial charge in [-0.2, -0.15) is 0 Å². The number of carboxylic acids is 1. The van der Waals surface area contributed by atoms with Gasteiger partial charge in [0.15, 0.2) is 0 Å². The first-order chi connectivity index (χ1) is 15.1. The number of aliphatic carboxylic acids is 1. The molecule has 11 atom stereocenters. The van der Waals surface area contributed by atoms with Gasteiger partial charge in [0, 0.05) is 11.9 Å². The van der Waals surface area contributed by atoms with E-state index in [-0.39, 0.29) is 48.9 Å². The number of fused-ring (bicyclic) bond motifs is 5. The fourth-order valence-electron chi connectivity index (χ4n) is 7.99. The second-order valence-electron chi connectivity index (χ2n) is 10.8. The molecule has 4 fully saturated rings. The quantitative estimate of drug-likeness (QED) is 0.567. The van der Waals surface area contributed by atoms with Crippen LogP contribution in [0.1, 0.15) is 83.9 Å². The Hall–Kier alpha value is -0.650. The van der Waals surface area contributed by atoms with Crippen LogP contribution in [-0.2, 0) is 4.79 Å². The summed E-state index contributed by atoms with van der Waals surface area (Å²) in [4.78, 5) is 11.1. The summed E-state index contributed by atoms with van der Waals surface area (Å²) in [5.41, 5.74) is -1.25. The zero-order valence-electron chi connectivity index (χ0n) is 21.8. The molecule has 5 heteroatoms. The van der Waals surface area contributed by atoms with E-state index in [9.17, 15) is 20.1 Å². The van der Waals surface area contributed by atoms with Gasteiger partial charge in [0.25, 0.3) is 0 Å². The molecule has 0 aromatic carbocycles. The van der Waals surface area contributed by atoms with Gasteiger partial charge in [0.1, 0.15) is 0 Å². The normalized spacial score (nSPS) is 58.4. The summed E-state index contributed by atoms with van der Waals surface area (Å²) < 4.78 is 34.0. The molecule has 0 radical (unpaired) electrons. The van der Waals surface area contributed by atoms with Crippen LogP contribution >= 0.6 is 0 Å². The van der Waals surface area contributed by atoms with Crippen molar-refractivity contribution in [1.82, 2.24) is 0 Å². The molecular weight excluding hydrogens is 368 g/mol. The highest BCUT2D eigenvalue weighted by molar-refractivity contribution is 5.66. The number of hydrogen-bond donors (Lipinski definition) is 4. The van der Waals surface area contributed by atoms with Crippen molar-refractivity contribution in [1.29, 1.82) is 0 Å². The van der Waals surface area contributed by atoms with Gasteiger partial charge in [0.05, 0.1) is 18.3 Å². The van der Waals surface area contributed by atoms with Crippen LogP contribution in [0.4, 0.5) is 0 Å². The van der Waals surface area contributed by atoms with Crippen LogP contribution in [0.2, 0.25) is 0 Å². The summed E-state index contributed by atoms with van der Waals surface area (Å²) >= 11 is 0. The second-order valence-corrected chi connectivity index (χ2v) is 10.8.